The molecule has 1 unspecified atom stereocenters. The molecule has 214 valence electrons. The minimum atomic E-state index is -0.445. The third-order valence-corrected chi connectivity index (χ3v) is 11.2. The minimum Gasteiger partial charge on any atom is -0.0888 e. The molecule has 0 bridgehead atoms. The van der Waals surface area contributed by atoms with Crippen LogP contribution in [0.2, 0.25) is 0 Å². The first-order valence-electron chi connectivity index (χ1n) is 15.9. The molecule has 0 amide bonds. The zero-order chi connectivity index (χ0) is 30.2. The predicted octanol–water partition coefficient (Wildman–Crippen LogP) is 12.2. The summed E-state index contributed by atoms with van der Waals surface area (Å²) in [7, 11) is 0. The normalized spacial score (nSPS) is 15.8. The fourth-order valence-corrected chi connectivity index (χ4v) is 9.32. The summed E-state index contributed by atoms with van der Waals surface area (Å²) in [6.45, 7) is 0. The van der Waals surface area contributed by atoms with Gasteiger partial charge in [0.25, 0.3) is 0 Å². The summed E-state index contributed by atoms with van der Waals surface area (Å²) in [5.74, 6) is 0. The van der Waals surface area contributed by atoms with Gasteiger partial charge in [0, 0.05) is 15.2 Å². The van der Waals surface area contributed by atoms with Crippen molar-refractivity contribution in [3.63, 3.8) is 0 Å². The van der Waals surface area contributed by atoms with E-state index in [1.165, 1.54) is 87.0 Å². The lowest BCUT2D eigenvalue weighted by atomic mass is 9.67. The van der Waals surface area contributed by atoms with Gasteiger partial charge in [0.15, 0.2) is 0 Å². The SMILES string of the molecule is c1ccc(C2(c3cccc(-c4cc5c6c(cccc6c4)-c4ccccc4S5)c3)c3ccccc3-c3cc4ccccc4cc32)cc1. The van der Waals surface area contributed by atoms with Crippen molar-refractivity contribution in [2.24, 2.45) is 0 Å². The Morgan fingerprint density at radius 2 is 1.02 bits per heavy atom. The summed E-state index contributed by atoms with van der Waals surface area (Å²) in [6, 6.07) is 63.4. The molecular weight excluding hydrogens is 573 g/mol. The molecule has 0 fully saturated rings. The smallest absolute Gasteiger partial charge is 0.0713 e. The van der Waals surface area contributed by atoms with Crippen molar-refractivity contribution in [1.82, 2.24) is 0 Å². The molecule has 1 aliphatic heterocycles. The summed E-state index contributed by atoms with van der Waals surface area (Å²) in [6.07, 6.45) is 0. The number of benzene rings is 8. The first kappa shape index (κ1) is 25.9. The van der Waals surface area contributed by atoms with Gasteiger partial charge in [-0.05, 0) is 108 Å². The maximum absolute atomic E-state index is 2.45. The number of hydrogen-bond acceptors (Lipinski definition) is 1. The van der Waals surface area contributed by atoms with Gasteiger partial charge in [-0.2, -0.15) is 0 Å². The van der Waals surface area contributed by atoms with E-state index in [4.69, 9.17) is 0 Å². The van der Waals surface area contributed by atoms with E-state index in [9.17, 15) is 0 Å². The molecule has 1 atom stereocenters. The van der Waals surface area contributed by atoms with Crippen LogP contribution in [0.4, 0.5) is 0 Å². The van der Waals surface area contributed by atoms with Gasteiger partial charge in [0.05, 0.1) is 5.41 Å². The molecule has 8 aromatic rings. The van der Waals surface area contributed by atoms with Gasteiger partial charge < -0.3 is 0 Å². The molecule has 8 aromatic carbocycles. The molecule has 0 saturated carbocycles. The zero-order valence-corrected chi connectivity index (χ0v) is 25.9. The lowest BCUT2D eigenvalue weighted by Crippen LogP contribution is -2.28. The van der Waals surface area contributed by atoms with E-state index in [1.807, 2.05) is 11.8 Å². The zero-order valence-electron chi connectivity index (χ0n) is 25.1. The highest BCUT2D eigenvalue weighted by Crippen LogP contribution is 2.57. The first-order chi connectivity index (χ1) is 22.8. The Bertz CT molecular complexity index is 2510. The van der Waals surface area contributed by atoms with Crippen molar-refractivity contribution >= 4 is 33.3 Å². The maximum Gasteiger partial charge on any atom is 0.0713 e. The summed E-state index contributed by atoms with van der Waals surface area (Å²) >= 11 is 1.89. The summed E-state index contributed by atoms with van der Waals surface area (Å²) in [5.41, 5.74) is 12.6. The fourth-order valence-electron chi connectivity index (χ4n) is 8.13. The number of rotatable bonds is 3. The highest BCUT2D eigenvalue weighted by molar-refractivity contribution is 7.99. The van der Waals surface area contributed by atoms with Crippen LogP contribution in [-0.2, 0) is 5.41 Å². The van der Waals surface area contributed by atoms with Gasteiger partial charge in [0.1, 0.15) is 0 Å². The molecule has 0 N–H and O–H groups in total. The van der Waals surface area contributed by atoms with Gasteiger partial charge in [-0.1, -0.05) is 145 Å². The van der Waals surface area contributed by atoms with Gasteiger partial charge in [-0.15, -0.1) is 0 Å². The third-order valence-electron chi connectivity index (χ3n) is 10.1. The van der Waals surface area contributed by atoms with Crippen LogP contribution in [0.1, 0.15) is 22.3 Å². The van der Waals surface area contributed by atoms with Crippen molar-refractivity contribution in [3.05, 3.63) is 192 Å². The summed E-state index contributed by atoms with van der Waals surface area (Å²) < 4.78 is 0. The van der Waals surface area contributed by atoms with E-state index >= 15 is 0 Å². The van der Waals surface area contributed by atoms with E-state index in [0.717, 1.165) is 0 Å². The van der Waals surface area contributed by atoms with Crippen molar-refractivity contribution < 1.29 is 0 Å². The largest absolute Gasteiger partial charge is 0.0888 e. The molecule has 0 radical (unpaired) electrons. The standard InChI is InChI=1S/C45H28S/c1-2-16-34(17-3-1)45(40-22-8-6-19-36(40)39-26-30-12-4-5-13-31(30)27-41(39)45)35-18-10-14-29(25-35)33-24-32-15-11-21-38-37-20-7-9-23-42(37)46-43(28-33)44(32)38/h1-28H. The van der Waals surface area contributed by atoms with Crippen LogP contribution in [0, 0.1) is 0 Å². The van der Waals surface area contributed by atoms with Gasteiger partial charge in [0.2, 0.25) is 0 Å². The fraction of sp³-hybridized carbons (Fsp3) is 0.0222. The molecule has 0 aromatic heterocycles. The second kappa shape index (κ2) is 9.81. The number of fused-ring (bicyclic) bond motifs is 6. The Balaban J connectivity index is 1.24. The van der Waals surface area contributed by atoms with Crippen molar-refractivity contribution in [1.29, 1.82) is 0 Å². The van der Waals surface area contributed by atoms with Crippen LogP contribution in [0.3, 0.4) is 0 Å². The van der Waals surface area contributed by atoms with Crippen LogP contribution in [0.15, 0.2) is 180 Å². The van der Waals surface area contributed by atoms with E-state index in [0.29, 0.717) is 0 Å². The van der Waals surface area contributed by atoms with Crippen molar-refractivity contribution in [2.75, 3.05) is 0 Å². The average Bonchev–Trinajstić information content (AvgIpc) is 3.41. The highest BCUT2D eigenvalue weighted by atomic mass is 32.2. The lowest BCUT2D eigenvalue weighted by Gasteiger charge is -2.34. The van der Waals surface area contributed by atoms with Crippen LogP contribution < -0.4 is 0 Å². The molecule has 2 aliphatic rings. The molecule has 0 spiro atoms. The van der Waals surface area contributed by atoms with Crippen LogP contribution in [0.25, 0.3) is 54.9 Å². The van der Waals surface area contributed by atoms with Crippen molar-refractivity contribution in [2.45, 2.75) is 15.2 Å². The second-order valence-electron chi connectivity index (χ2n) is 12.5. The Morgan fingerprint density at radius 1 is 0.348 bits per heavy atom. The Kier molecular flexibility index (Phi) is 5.53. The molecule has 1 heteroatoms. The monoisotopic (exact) mass is 600 g/mol. The molecule has 1 aliphatic carbocycles. The van der Waals surface area contributed by atoms with Gasteiger partial charge in [-0.3, -0.25) is 0 Å². The molecule has 0 nitrogen and oxygen atoms in total. The summed E-state index contributed by atoms with van der Waals surface area (Å²) in [4.78, 5) is 2.65. The highest BCUT2D eigenvalue weighted by Gasteiger charge is 2.46. The van der Waals surface area contributed by atoms with Crippen molar-refractivity contribution in [3.8, 4) is 33.4 Å². The lowest BCUT2D eigenvalue weighted by molar-refractivity contribution is 0.770. The second-order valence-corrected chi connectivity index (χ2v) is 13.5. The summed E-state index contributed by atoms with van der Waals surface area (Å²) in [5, 5.41) is 5.19. The third kappa shape index (κ3) is 3.58. The van der Waals surface area contributed by atoms with E-state index < -0.39 is 5.41 Å². The first-order valence-corrected chi connectivity index (χ1v) is 16.7. The maximum atomic E-state index is 2.45. The van der Waals surface area contributed by atoms with E-state index in [-0.39, 0.29) is 0 Å². The topological polar surface area (TPSA) is 0 Å². The van der Waals surface area contributed by atoms with Gasteiger partial charge >= 0.3 is 0 Å². The molecule has 46 heavy (non-hydrogen) atoms. The quantitative estimate of drug-likeness (QED) is 0.194. The Morgan fingerprint density at radius 3 is 1.91 bits per heavy atom. The molecular formula is C45H28S. The van der Waals surface area contributed by atoms with Crippen LogP contribution in [0.5, 0.6) is 0 Å². The minimum absolute atomic E-state index is 0.445. The van der Waals surface area contributed by atoms with Crippen LogP contribution in [-0.4, -0.2) is 0 Å². The van der Waals surface area contributed by atoms with E-state index in [1.54, 1.807) is 0 Å². The molecule has 0 saturated heterocycles. The number of hydrogen-bond donors (Lipinski definition) is 0. The Hall–Kier alpha value is -5.37. The molecule has 10 rings (SSSR count). The van der Waals surface area contributed by atoms with E-state index in [2.05, 4.69) is 170 Å². The van der Waals surface area contributed by atoms with Gasteiger partial charge in [-0.25, -0.2) is 0 Å². The van der Waals surface area contributed by atoms with Crippen LogP contribution >= 0.6 is 11.8 Å². The average molecular weight is 601 g/mol. The Labute approximate surface area is 273 Å². The molecule has 1 heterocycles. The predicted molar refractivity (Wildman–Crippen MR) is 194 cm³/mol.